The second kappa shape index (κ2) is 9.71. The van der Waals surface area contributed by atoms with Gasteiger partial charge in [0.1, 0.15) is 0 Å². The molecule has 1 aliphatic heterocycles. The van der Waals surface area contributed by atoms with Crippen molar-refractivity contribution in [2.24, 2.45) is 5.92 Å². The van der Waals surface area contributed by atoms with Crippen LogP contribution in [-0.4, -0.2) is 50.3 Å². The Bertz CT molecular complexity index is 820. The zero-order valence-corrected chi connectivity index (χ0v) is 18.0. The number of hydrogen-bond donors (Lipinski definition) is 1. The van der Waals surface area contributed by atoms with E-state index in [-0.39, 0.29) is 27.4 Å². The number of hydrogen-bond acceptors (Lipinski definition) is 5. The van der Waals surface area contributed by atoms with Crippen molar-refractivity contribution in [3.63, 3.8) is 0 Å². The van der Waals surface area contributed by atoms with Gasteiger partial charge in [0, 0.05) is 19.1 Å². The number of piperidine rings is 1. The molecule has 2 rings (SSSR count). The molecule has 0 saturated carbocycles. The van der Waals surface area contributed by atoms with Crippen LogP contribution >= 0.6 is 11.6 Å². The number of halogens is 1. The average molecular weight is 431 g/mol. The molecule has 1 saturated heterocycles. The summed E-state index contributed by atoms with van der Waals surface area (Å²) in [6.45, 7) is 6.24. The molecule has 0 unspecified atom stereocenters. The third-order valence-corrected chi connectivity index (χ3v) is 7.06. The minimum absolute atomic E-state index is 0.0105. The van der Waals surface area contributed by atoms with Gasteiger partial charge in [-0.05, 0) is 43.9 Å². The third kappa shape index (κ3) is 5.68. The highest BCUT2D eigenvalue weighted by Gasteiger charge is 2.27. The number of esters is 1. The van der Waals surface area contributed by atoms with Gasteiger partial charge in [0.2, 0.25) is 10.0 Å². The van der Waals surface area contributed by atoms with Gasteiger partial charge >= 0.3 is 5.97 Å². The van der Waals surface area contributed by atoms with Crippen molar-refractivity contribution in [3.8, 4) is 0 Å². The summed E-state index contributed by atoms with van der Waals surface area (Å²) >= 11 is 6.06. The molecule has 28 heavy (non-hydrogen) atoms. The summed E-state index contributed by atoms with van der Waals surface area (Å²) in [6.07, 6.45) is 2.62. The molecule has 1 aliphatic rings. The Balaban J connectivity index is 2.10. The molecular weight excluding hydrogens is 404 g/mol. The maximum absolute atomic E-state index is 12.8. The predicted octanol–water partition coefficient (Wildman–Crippen LogP) is 2.83. The first-order chi connectivity index (χ1) is 13.1. The minimum Gasteiger partial charge on any atom is -0.452 e. The van der Waals surface area contributed by atoms with Crippen LogP contribution in [0.3, 0.4) is 0 Å². The molecule has 0 aliphatic carbocycles. The molecule has 1 atom stereocenters. The molecule has 9 heteroatoms. The topological polar surface area (TPSA) is 92.8 Å². The van der Waals surface area contributed by atoms with Crippen LogP contribution in [0.15, 0.2) is 23.1 Å². The molecule has 1 N–H and O–H groups in total. The Morgan fingerprint density at radius 2 is 1.82 bits per heavy atom. The lowest BCUT2D eigenvalue weighted by molar-refractivity contribution is -0.125. The average Bonchev–Trinajstić information content (AvgIpc) is 2.66. The van der Waals surface area contributed by atoms with Gasteiger partial charge in [0.25, 0.3) is 5.91 Å². The van der Waals surface area contributed by atoms with Crippen molar-refractivity contribution in [1.82, 2.24) is 9.62 Å². The lowest BCUT2D eigenvalue weighted by Crippen LogP contribution is -2.38. The Labute approximate surface area is 171 Å². The van der Waals surface area contributed by atoms with E-state index in [1.165, 1.54) is 22.5 Å². The zero-order valence-electron chi connectivity index (χ0n) is 16.4. The van der Waals surface area contributed by atoms with Crippen LogP contribution in [0.5, 0.6) is 0 Å². The minimum atomic E-state index is -3.70. The van der Waals surface area contributed by atoms with Crippen LogP contribution in [0.1, 0.15) is 50.4 Å². The highest BCUT2D eigenvalue weighted by Crippen LogP contribution is 2.25. The van der Waals surface area contributed by atoms with Crippen LogP contribution in [0.2, 0.25) is 5.02 Å². The van der Waals surface area contributed by atoms with E-state index in [4.69, 9.17) is 16.3 Å². The van der Waals surface area contributed by atoms with Gasteiger partial charge in [0.15, 0.2) is 6.61 Å². The highest BCUT2D eigenvalue weighted by molar-refractivity contribution is 7.89. The van der Waals surface area contributed by atoms with Crippen LogP contribution < -0.4 is 5.32 Å². The van der Waals surface area contributed by atoms with E-state index in [0.29, 0.717) is 13.1 Å². The maximum atomic E-state index is 12.8. The molecule has 0 radical (unpaired) electrons. The van der Waals surface area contributed by atoms with E-state index in [0.717, 1.165) is 19.3 Å². The van der Waals surface area contributed by atoms with Crippen LogP contribution in [0.25, 0.3) is 0 Å². The van der Waals surface area contributed by atoms with Gasteiger partial charge in [-0.2, -0.15) is 4.31 Å². The van der Waals surface area contributed by atoms with Crippen molar-refractivity contribution in [2.75, 3.05) is 19.7 Å². The van der Waals surface area contributed by atoms with E-state index in [2.05, 4.69) is 5.32 Å². The first-order valence-corrected chi connectivity index (χ1v) is 11.2. The summed E-state index contributed by atoms with van der Waals surface area (Å²) in [7, 11) is -3.70. The van der Waals surface area contributed by atoms with Gasteiger partial charge in [-0.3, -0.25) is 4.79 Å². The van der Waals surface area contributed by atoms with E-state index in [9.17, 15) is 18.0 Å². The Hall–Kier alpha value is -1.64. The van der Waals surface area contributed by atoms with E-state index in [1.54, 1.807) is 0 Å². The quantitative estimate of drug-likeness (QED) is 0.671. The molecule has 0 spiro atoms. The first-order valence-electron chi connectivity index (χ1n) is 9.39. The lowest BCUT2D eigenvalue weighted by atomic mass is 10.1. The Morgan fingerprint density at radius 3 is 2.43 bits per heavy atom. The van der Waals surface area contributed by atoms with Crippen molar-refractivity contribution in [3.05, 3.63) is 28.8 Å². The molecule has 1 aromatic carbocycles. The van der Waals surface area contributed by atoms with E-state index >= 15 is 0 Å². The summed E-state index contributed by atoms with van der Waals surface area (Å²) in [4.78, 5) is 24.2. The van der Waals surface area contributed by atoms with Crippen LogP contribution in [0, 0.1) is 5.92 Å². The third-order valence-electron chi connectivity index (χ3n) is 4.83. The Morgan fingerprint density at radius 1 is 1.18 bits per heavy atom. The van der Waals surface area contributed by atoms with E-state index in [1.807, 2.05) is 20.8 Å². The number of carbonyl (C=O) groups is 2. The number of carbonyl (C=O) groups excluding carboxylic acids is 2. The first kappa shape index (κ1) is 22.6. The summed E-state index contributed by atoms with van der Waals surface area (Å²) in [5.41, 5.74) is -0.0792. The second-order valence-electron chi connectivity index (χ2n) is 7.28. The van der Waals surface area contributed by atoms with Gasteiger partial charge in [-0.25, -0.2) is 13.2 Å². The number of sulfonamides is 1. The van der Waals surface area contributed by atoms with Crippen LogP contribution in [-0.2, 0) is 19.6 Å². The van der Waals surface area contributed by atoms with Crippen molar-refractivity contribution in [2.45, 2.75) is 51.0 Å². The monoisotopic (exact) mass is 430 g/mol. The molecule has 1 fully saturated rings. The summed E-state index contributed by atoms with van der Waals surface area (Å²) < 4.78 is 32.0. The number of rotatable bonds is 7. The van der Waals surface area contributed by atoms with E-state index < -0.39 is 28.5 Å². The fraction of sp³-hybridized carbons (Fsp3) is 0.579. The van der Waals surface area contributed by atoms with Crippen LogP contribution in [0.4, 0.5) is 0 Å². The highest BCUT2D eigenvalue weighted by atomic mass is 35.5. The van der Waals surface area contributed by atoms with Crippen molar-refractivity contribution in [1.29, 1.82) is 0 Å². The van der Waals surface area contributed by atoms with Crippen molar-refractivity contribution >= 4 is 33.5 Å². The number of ether oxygens (including phenoxy) is 1. The summed E-state index contributed by atoms with van der Waals surface area (Å²) in [5, 5.41) is 2.80. The van der Waals surface area contributed by atoms with Gasteiger partial charge in [-0.15, -0.1) is 0 Å². The second-order valence-corrected chi connectivity index (χ2v) is 9.63. The standard InChI is InChI=1S/C19H27ClN2O5S/c1-13(2)14(3)21-18(23)12-27-19(24)16-11-15(7-8-17(16)20)28(25,26)22-9-5-4-6-10-22/h7-8,11,13-14H,4-6,9-10,12H2,1-3H3,(H,21,23)/t14-/m1/s1. The van der Waals surface area contributed by atoms with Crippen molar-refractivity contribution < 1.29 is 22.7 Å². The molecule has 0 aromatic heterocycles. The molecule has 7 nitrogen and oxygen atoms in total. The van der Waals surface area contributed by atoms with Gasteiger partial charge < -0.3 is 10.1 Å². The molecule has 156 valence electrons. The normalized spacial score (nSPS) is 16.6. The summed E-state index contributed by atoms with van der Waals surface area (Å²) in [5.74, 6) is -1.03. The largest absolute Gasteiger partial charge is 0.452 e. The molecule has 1 heterocycles. The number of nitrogens with zero attached hydrogens (tertiary/aromatic N) is 1. The fourth-order valence-electron chi connectivity index (χ4n) is 2.75. The molecule has 1 aromatic rings. The number of nitrogens with one attached hydrogen (secondary N) is 1. The van der Waals surface area contributed by atoms with Gasteiger partial charge in [-0.1, -0.05) is 31.9 Å². The molecule has 1 amide bonds. The molecule has 0 bridgehead atoms. The Kier molecular flexibility index (Phi) is 7.86. The lowest BCUT2D eigenvalue weighted by Gasteiger charge is -2.26. The van der Waals surface area contributed by atoms with Gasteiger partial charge in [0.05, 0.1) is 15.5 Å². The number of benzene rings is 1. The predicted molar refractivity (Wildman–Crippen MR) is 107 cm³/mol. The fourth-order valence-corrected chi connectivity index (χ4v) is 4.49. The number of amides is 1. The maximum Gasteiger partial charge on any atom is 0.340 e. The SMILES string of the molecule is CC(C)[C@@H](C)NC(=O)COC(=O)c1cc(S(=O)(=O)N2CCCCC2)ccc1Cl. The summed E-state index contributed by atoms with van der Waals surface area (Å²) in [6, 6.07) is 3.88. The molecular formula is C19H27ClN2O5S. The smallest absolute Gasteiger partial charge is 0.340 e. The zero-order chi connectivity index (χ0) is 20.9.